The molecule has 0 spiro atoms. The van der Waals surface area contributed by atoms with Gasteiger partial charge >= 0.3 is 5.97 Å². The summed E-state index contributed by atoms with van der Waals surface area (Å²) in [7, 11) is 1.59. The third-order valence-corrected chi connectivity index (χ3v) is 2.42. The maximum absolute atomic E-state index is 11.5. The number of tetrazole rings is 1. The first-order chi connectivity index (χ1) is 9.58. The predicted octanol–water partition coefficient (Wildman–Crippen LogP) is 1.30. The molecular weight excluding hydrogens is 260 g/mol. The van der Waals surface area contributed by atoms with E-state index in [1.54, 1.807) is 27.0 Å². The van der Waals surface area contributed by atoms with Crippen molar-refractivity contribution in [3.05, 3.63) is 24.3 Å². The molecule has 0 bridgehead atoms. The van der Waals surface area contributed by atoms with Gasteiger partial charge in [0.15, 0.2) is 6.54 Å². The van der Waals surface area contributed by atoms with Gasteiger partial charge in [0.1, 0.15) is 5.75 Å². The summed E-state index contributed by atoms with van der Waals surface area (Å²) in [6.45, 7) is 3.51. The molecule has 0 saturated carbocycles. The number of nitrogens with zero attached hydrogens (tertiary/aromatic N) is 4. The molecule has 0 unspecified atom stereocenters. The number of methoxy groups -OCH3 is 1. The average molecular weight is 276 g/mol. The standard InChI is InChI=1S/C13H16N4O3/c1-9(2)20-12(18)8-17-15-13(14-16-17)10-5-4-6-11(7-10)19-3/h4-7,9H,8H2,1-3H3. The maximum Gasteiger partial charge on any atom is 0.329 e. The maximum atomic E-state index is 11.5. The number of carbonyl (C=O) groups is 1. The zero-order valence-corrected chi connectivity index (χ0v) is 11.6. The van der Waals surface area contributed by atoms with Crippen LogP contribution in [-0.2, 0) is 16.1 Å². The van der Waals surface area contributed by atoms with Gasteiger partial charge < -0.3 is 9.47 Å². The van der Waals surface area contributed by atoms with Gasteiger partial charge in [-0.3, -0.25) is 0 Å². The molecule has 0 saturated heterocycles. The van der Waals surface area contributed by atoms with Crippen LogP contribution in [0, 0.1) is 0 Å². The van der Waals surface area contributed by atoms with Crippen molar-refractivity contribution >= 4 is 5.97 Å². The first-order valence-electron chi connectivity index (χ1n) is 6.20. The van der Waals surface area contributed by atoms with Gasteiger partial charge in [0, 0.05) is 5.56 Å². The van der Waals surface area contributed by atoms with Gasteiger partial charge in [-0.05, 0) is 31.2 Å². The Balaban J connectivity index is 2.10. The molecule has 0 N–H and O–H groups in total. The van der Waals surface area contributed by atoms with E-state index in [0.717, 1.165) is 5.56 Å². The zero-order chi connectivity index (χ0) is 14.5. The SMILES string of the molecule is COc1cccc(-c2nnn(CC(=O)OC(C)C)n2)c1. The lowest BCUT2D eigenvalue weighted by atomic mass is 10.2. The van der Waals surface area contributed by atoms with Gasteiger partial charge in [0.25, 0.3) is 0 Å². The van der Waals surface area contributed by atoms with Crippen LogP contribution in [0.1, 0.15) is 13.8 Å². The van der Waals surface area contributed by atoms with E-state index in [2.05, 4.69) is 15.4 Å². The summed E-state index contributed by atoms with van der Waals surface area (Å²) in [5.74, 6) is 0.744. The molecule has 0 aliphatic heterocycles. The number of ether oxygens (including phenoxy) is 2. The highest BCUT2D eigenvalue weighted by molar-refractivity contribution is 5.69. The fourth-order valence-corrected chi connectivity index (χ4v) is 1.60. The molecule has 7 nitrogen and oxygen atoms in total. The lowest BCUT2D eigenvalue weighted by Crippen LogP contribution is -2.19. The number of hydrogen-bond donors (Lipinski definition) is 0. The molecule has 0 atom stereocenters. The summed E-state index contributed by atoms with van der Waals surface area (Å²) in [5, 5.41) is 11.9. The van der Waals surface area contributed by atoms with Crippen LogP contribution in [0.2, 0.25) is 0 Å². The van der Waals surface area contributed by atoms with E-state index >= 15 is 0 Å². The van der Waals surface area contributed by atoms with Gasteiger partial charge in [-0.25, -0.2) is 4.79 Å². The third-order valence-electron chi connectivity index (χ3n) is 2.42. The van der Waals surface area contributed by atoms with Crippen molar-refractivity contribution in [1.82, 2.24) is 20.2 Å². The number of carbonyl (C=O) groups excluding carboxylic acids is 1. The number of esters is 1. The summed E-state index contributed by atoms with van der Waals surface area (Å²) < 4.78 is 10.2. The highest BCUT2D eigenvalue weighted by Crippen LogP contribution is 2.19. The molecule has 2 aromatic rings. The van der Waals surface area contributed by atoms with E-state index in [0.29, 0.717) is 11.6 Å². The molecule has 7 heteroatoms. The largest absolute Gasteiger partial charge is 0.497 e. The number of benzene rings is 1. The van der Waals surface area contributed by atoms with Crippen LogP contribution in [0.15, 0.2) is 24.3 Å². The highest BCUT2D eigenvalue weighted by Gasteiger charge is 2.11. The topological polar surface area (TPSA) is 79.1 Å². The van der Waals surface area contributed by atoms with Gasteiger partial charge in [0.05, 0.1) is 13.2 Å². The Labute approximate surface area is 116 Å². The van der Waals surface area contributed by atoms with E-state index in [9.17, 15) is 4.79 Å². The van der Waals surface area contributed by atoms with Crippen molar-refractivity contribution < 1.29 is 14.3 Å². The minimum Gasteiger partial charge on any atom is -0.497 e. The second-order valence-corrected chi connectivity index (χ2v) is 4.41. The summed E-state index contributed by atoms with van der Waals surface area (Å²) in [6.07, 6.45) is -0.163. The van der Waals surface area contributed by atoms with Crippen molar-refractivity contribution in [2.24, 2.45) is 0 Å². The van der Waals surface area contributed by atoms with Crippen molar-refractivity contribution in [2.45, 2.75) is 26.5 Å². The third kappa shape index (κ3) is 3.53. The Kier molecular flexibility index (Phi) is 4.29. The van der Waals surface area contributed by atoms with Crippen molar-refractivity contribution in [1.29, 1.82) is 0 Å². The summed E-state index contributed by atoms with van der Waals surface area (Å²) >= 11 is 0. The highest BCUT2D eigenvalue weighted by atomic mass is 16.5. The lowest BCUT2D eigenvalue weighted by molar-refractivity contribution is -0.148. The van der Waals surface area contributed by atoms with Gasteiger partial charge in [-0.2, -0.15) is 4.80 Å². The molecule has 1 aromatic carbocycles. The van der Waals surface area contributed by atoms with E-state index in [4.69, 9.17) is 9.47 Å². The molecule has 2 rings (SSSR count). The molecule has 1 aromatic heterocycles. The van der Waals surface area contributed by atoms with Gasteiger partial charge in [0.2, 0.25) is 5.82 Å². The van der Waals surface area contributed by atoms with Crippen molar-refractivity contribution in [2.75, 3.05) is 7.11 Å². The summed E-state index contributed by atoms with van der Waals surface area (Å²) in [6, 6.07) is 7.31. The number of hydrogen-bond acceptors (Lipinski definition) is 6. The molecule has 106 valence electrons. The zero-order valence-electron chi connectivity index (χ0n) is 11.6. The van der Waals surface area contributed by atoms with Gasteiger partial charge in [-0.1, -0.05) is 12.1 Å². The summed E-state index contributed by atoms with van der Waals surface area (Å²) in [4.78, 5) is 12.7. The lowest BCUT2D eigenvalue weighted by Gasteiger charge is -2.06. The Bertz CT molecular complexity index is 595. The van der Waals surface area contributed by atoms with Crippen LogP contribution in [0.25, 0.3) is 11.4 Å². The summed E-state index contributed by atoms with van der Waals surface area (Å²) in [5.41, 5.74) is 0.771. The molecule has 0 aliphatic rings. The van der Waals surface area contributed by atoms with E-state index < -0.39 is 5.97 Å². The normalized spacial score (nSPS) is 10.6. The minimum absolute atomic E-state index is 0.0604. The Morgan fingerprint density at radius 3 is 2.90 bits per heavy atom. The number of aromatic nitrogens is 4. The molecule has 20 heavy (non-hydrogen) atoms. The Morgan fingerprint density at radius 1 is 1.40 bits per heavy atom. The monoisotopic (exact) mass is 276 g/mol. The van der Waals surface area contributed by atoms with Crippen molar-refractivity contribution in [3.8, 4) is 17.1 Å². The number of rotatable bonds is 5. The Hall–Kier alpha value is -2.44. The van der Waals surface area contributed by atoms with E-state index in [1.165, 1.54) is 4.80 Å². The van der Waals surface area contributed by atoms with E-state index in [-0.39, 0.29) is 12.6 Å². The van der Waals surface area contributed by atoms with Crippen molar-refractivity contribution in [3.63, 3.8) is 0 Å². The fourth-order valence-electron chi connectivity index (χ4n) is 1.60. The molecule has 0 fully saturated rings. The smallest absolute Gasteiger partial charge is 0.329 e. The van der Waals surface area contributed by atoms with Crippen LogP contribution in [0.4, 0.5) is 0 Å². The molecule has 0 aliphatic carbocycles. The second-order valence-electron chi connectivity index (χ2n) is 4.41. The van der Waals surface area contributed by atoms with Crippen LogP contribution >= 0.6 is 0 Å². The van der Waals surface area contributed by atoms with E-state index in [1.807, 2.05) is 18.2 Å². The molecule has 1 heterocycles. The molecular formula is C13H16N4O3. The molecule has 0 amide bonds. The van der Waals surface area contributed by atoms with Gasteiger partial charge in [-0.15, -0.1) is 10.2 Å². The fraction of sp³-hybridized carbons (Fsp3) is 0.385. The van der Waals surface area contributed by atoms with Crippen LogP contribution in [0.5, 0.6) is 5.75 Å². The first kappa shape index (κ1) is 14.0. The quantitative estimate of drug-likeness (QED) is 0.766. The first-order valence-corrected chi connectivity index (χ1v) is 6.20. The molecule has 0 radical (unpaired) electrons. The minimum atomic E-state index is -0.394. The second kappa shape index (κ2) is 6.14. The van der Waals surface area contributed by atoms with Crippen LogP contribution in [-0.4, -0.2) is 39.4 Å². The average Bonchev–Trinajstić information content (AvgIpc) is 2.86. The van der Waals surface area contributed by atoms with Crippen LogP contribution < -0.4 is 4.74 Å². The van der Waals surface area contributed by atoms with Crippen LogP contribution in [0.3, 0.4) is 0 Å². The Morgan fingerprint density at radius 2 is 2.20 bits per heavy atom. The predicted molar refractivity (Wildman–Crippen MR) is 71.0 cm³/mol.